The van der Waals surface area contributed by atoms with Crippen LogP contribution in [0.3, 0.4) is 0 Å². The Bertz CT molecular complexity index is 1160. The SMILES string of the molecule is CCOc1ccccc1NC(=O)N1CCc2nc(Cc3cccc(C)c3)[nH]c(=O)c2C1. The molecule has 160 valence electrons. The van der Waals surface area contributed by atoms with Crippen molar-refractivity contribution in [1.82, 2.24) is 14.9 Å². The van der Waals surface area contributed by atoms with Crippen LogP contribution in [0.4, 0.5) is 10.5 Å². The summed E-state index contributed by atoms with van der Waals surface area (Å²) in [6.45, 7) is 5.17. The molecule has 0 atom stereocenters. The van der Waals surface area contributed by atoms with Crippen molar-refractivity contribution in [3.05, 3.63) is 87.1 Å². The van der Waals surface area contributed by atoms with Gasteiger partial charge in [-0.3, -0.25) is 4.79 Å². The molecule has 0 spiro atoms. The highest BCUT2D eigenvalue weighted by molar-refractivity contribution is 5.91. The fraction of sp³-hybridized carbons (Fsp3) is 0.292. The van der Waals surface area contributed by atoms with E-state index in [-0.39, 0.29) is 18.1 Å². The van der Waals surface area contributed by atoms with Crippen LogP contribution in [0.15, 0.2) is 53.3 Å². The van der Waals surface area contributed by atoms with Gasteiger partial charge < -0.3 is 19.9 Å². The molecule has 0 saturated heterocycles. The Hall–Kier alpha value is -3.61. The summed E-state index contributed by atoms with van der Waals surface area (Å²) < 4.78 is 5.57. The Labute approximate surface area is 181 Å². The molecule has 4 rings (SSSR count). The van der Waals surface area contributed by atoms with Crippen molar-refractivity contribution in [3.8, 4) is 5.75 Å². The number of para-hydroxylation sites is 2. The van der Waals surface area contributed by atoms with E-state index in [4.69, 9.17) is 4.74 Å². The van der Waals surface area contributed by atoms with Crippen molar-refractivity contribution < 1.29 is 9.53 Å². The molecule has 7 nitrogen and oxygen atoms in total. The van der Waals surface area contributed by atoms with Gasteiger partial charge in [-0.25, -0.2) is 9.78 Å². The van der Waals surface area contributed by atoms with Crippen molar-refractivity contribution in [1.29, 1.82) is 0 Å². The lowest BCUT2D eigenvalue weighted by Gasteiger charge is -2.28. The molecule has 3 aromatic rings. The van der Waals surface area contributed by atoms with E-state index in [0.717, 1.165) is 11.3 Å². The number of aromatic amines is 1. The number of nitrogens with zero attached hydrogens (tertiary/aromatic N) is 2. The molecule has 1 aliphatic rings. The molecule has 2 heterocycles. The second-order valence-corrected chi connectivity index (χ2v) is 7.63. The molecule has 0 saturated carbocycles. The Morgan fingerprint density at radius 2 is 2.06 bits per heavy atom. The van der Waals surface area contributed by atoms with Crippen LogP contribution in [-0.4, -0.2) is 34.1 Å². The van der Waals surface area contributed by atoms with Crippen molar-refractivity contribution in [2.75, 3.05) is 18.5 Å². The van der Waals surface area contributed by atoms with Gasteiger partial charge >= 0.3 is 6.03 Å². The first-order valence-corrected chi connectivity index (χ1v) is 10.5. The Morgan fingerprint density at radius 3 is 2.87 bits per heavy atom. The number of nitrogens with one attached hydrogen (secondary N) is 2. The van der Waals surface area contributed by atoms with Crippen LogP contribution in [0.1, 0.15) is 35.1 Å². The summed E-state index contributed by atoms with van der Waals surface area (Å²) in [6, 6.07) is 15.2. The molecule has 2 amide bonds. The molecule has 2 aromatic carbocycles. The summed E-state index contributed by atoms with van der Waals surface area (Å²) in [5, 5.41) is 2.89. The van der Waals surface area contributed by atoms with Gasteiger partial charge in [0.1, 0.15) is 11.6 Å². The van der Waals surface area contributed by atoms with Gasteiger partial charge in [-0.05, 0) is 31.5 Å². The molecule has 0 bridgehead atoms. The van der Waals surface area contributed by atoms with Crippen molar-refractivity contribution in [2.45, 2.75) is 33.2 Å². The standard InChI is InChI=1S/C24H26N4O3/c1-3-31-21-10-5-4-9-20(21)26-24(30)28-12-11-19-18(15-28)23(29)27-22(25-19)14-17-8-6-7-16(2)13-17/h4-10,13H,3,11-12,14-15H2,1-2H3,(H,26,30)(H,25,27,29). The lowest BCUT2D eigenvalue weighted by atomic mass is 10.1. The number of aryl methyl sites for hydroxylation is 1. The molecule has 1 aliphatic heterocycles. The van der Waals surface area contributed by atoms with E-state index in [1.807, 2.05) is 50.2 Å². The topological polar surface area (TPSA) is 87.3 Å². The van der Waals surface area contributed by atoms with E-state index >= 15 is 0 Å². The third kappa shape index (κ3) is 4.77. The number of H-pyrrole nitrogens is 1. The summed E-state index contributed by atoms with van der Waals surface area (Å²) in [6.07, 6.45) is 1.11. The predicted molar refractivity (Wildman–Crippen MR) is 120 cm³/mol. The second kappa shape index (κ2) is 9.04. The van der Waals surface area contributed by atoms with E-state index in [2.05, 4.69) is 21.4 Å². The molecule has 0 radical (unpaired) electrons. The quantitative estimate of drug-likeness (QED) is 0.662. The van der Waals surface area contributed by atoms with Crippen LogP contribution in [0.25, 0.3) is 0 Å². The van der Waals surface area contributed by atoms with Gasteiger partial charge in [0.05, 0.1) is 30.1 Å². The third-order valence-electron chi connectivity index (χ3n) is 5.29. The minimum Gasteiger partial charge on any atom is -0.492 e. The summed E-state index contributed by atoms with van der Waals surface area (Å²) >= 11 is 0. The number of fused-ring (bicyclic) bond motifs is 1. The molecule has 1 aromatic heterocycles. The summed E-state index contributed by atoms with van der Waals surface area (Å²) in [4.78, 5) is 34.7. The average Bonchev–Trinajstić information content (AvgIpc) is 2.75. The number of ether oxygens (including phenoxy) is 1. The number of hydrogen-bond acceptors (Lipinski definition) is 4. The van der Waals surface area contributed by atoms with Crippen molar-refractivity contribution in [2.24, 2.45) is 0 Å². The summed E-state index contributed by atoms with van der Waals surface area (Å²) in [7, 11) is 0. The zero-order valence-electron chi connectivity index (χ0n) is 17.8. The van der Waals surface area contributed by atoms with Crippen LogP contribution in [-0.2, 0) is 19.4 Å². The van der Waals surface area contributed by atoms with Crippen LogP contribution >= 0.6 is 0 Å². The zero-order chi connectivity index (χ0) is 21.8. The molecular weight excluding hydrogens is 392 g/mol. The largest absolute Gasteiger partial charge is 0.492 e. The molecule has 7 heteroatoms. The van der Waals surface area contributed by atoms with E-state index in [9.17, 15) is 9.59 Å². The molecular formula is C24H26N4O3. The molecule has 31 heavy (non-hydrogen) atoms. The van der Waals surface area contributed by atoms with Gasteiger partial charge in [-0.1, -0.05) is 42.0 Å². The Kier molecular flexibility index (Phi) is 6.02. The van der Waals surface area contributed by atoms with Crippen LogP contribution in [0, 0.1) is 6.92 Å². The van der Waals surface area contributed by atoms with Gasteiger partial charge in [-0.15, -0.1) is 0 Å². The van der Waals surface area contributed by atoms with Gasteiger partial charge in [-0.2, -0.15) is 0 Å². The monoisotopic (exact) mass is 418 g/mol. The number of carbonyl (C=O) groups is 1. The molecule has 0 unspecified atom stereocenters. The molecule has 2 N–H and O–H groups in total. The highest BCUT2D eigenvalue weighted by Crippen LogP contribution is 2.25. The van der Waals surface area contributed by atoms with E-state index < -0.39 is 0 Å². The lowest BCUT2D eigenvalue weighted by Crippen LogP contribution is -2.42. The summed E-state index contributed by atoms with van der Waals surface area (Å²) in [5.74, 6) is 1.27. The number of rotatable bonds is 5. The third-order valence-corrected chi connectivity index (χ3v) is 5.29. The number of amides is 2. The highest BCUT2D eigenvalue weighted by Gasteiger charge is 2.25. The number of benzene rings is 2. The maximum atomic E-state index is 12.8. The Morgan fingerprint density at radius 1 is 1.23 bits per heavy atom. The number of hydrogen-bond donors (Lipinski definition) is 2. The van der Waals surface area contributed by atoms with Gasteiger partial charge in [0.25, 0.3) is 5.56 Å². The maximum absolute atomic E-state index is 12.8. The number of aromatic nitrogens is 2. The number of anilines is 1. The van der Waals surface area contributed by atoms with Crippen molar-refractivity contribution in [3.63, 3.8) is 0 Å². The first-order valence-electron chi connectivity index (χ1n) is 10.5. The normalized spacial score (nSPS) is 12.9. The smallest absolute Gasteiger partial charge is 0.322 e. The van der Waals surface area contributed by atoms with Crippen LogP contribution in [0.2, 0.25) is 0 Å². The molecule has 0 fully saturated rings. The van der Waals surface area contributed by atoms with Gasteiger partial charge in [0.2, 0.25) is 0 Å². The number of carbonyl (C=O) groups excluding carboxylic acids is 1. The lowest BCUT2D eigenvalue weighted by molar-refractivity contribution is 0.205. The zero-order valence-corrected chi connectivity index (χ0v) is 17.8. The Balaban J connectivity index is 1.49. The van der Waals surface area contributed by atoms with E-state index in [1.165, 1.54) is 5.56 Å². The van der Waals surface area contributed by atoms with Crippen LogP contribution in [0.5, 0.6) is 5.75 Å². The maximum Gasteiger partial charge on any atom is 0.322 e. The minimum atomic E-state index is -0.263. The predicted octanol–water partition coefficient (Wildman–Crippen LogP) is 3.66. The second-order valence-electron chi connectivity index (χ2n) is 7.63. The first-order chi connectivity index (χ1) is 15.0. The average molecular weight is 418 g/mol. The van der Waals surface area contributed by atoms with Crippen molar-refractivity contribution >= 4 is 11.7 Å². The van der Waals surface area contributed by atoms with Crippen LogP contribution < -0.4 is 15.6 Å². The fourth-order valence-electron chi connectivity index (χ4n) is 3.79. The summed E-state index contributed by atoms with van der Waals surface area (Å²) in [5.41, 5.74) is 4.02. The first kappa shape index (κ1) is 20.7. The fourth-order valence-corrected chi connectivity index (χ4v) is 3.79. The van der Waals surface area contributed by atoms with E-state index in [1.54, 1.807) is 11.0 Å². The number of urea groups is 1. The van der Waals surface area contributed by atoms with E-state index in [0.29, 0.717) is 48.8 Å². The molecule has 0 aliphatic carbocycles. The van der Waals surface area contributed by atoms with Gasteiger partial charge in [0.15, 0.2) is 0 Å². The van der Waals surface area contributed by atoms with Gasteiger partial charge in [0, 0.05) is 19.4 Å². The minimum absolute atomic E-state index is 0.181. The highest BCUT2D eigenvalue weighted by atomic mass is 16.5.